The number of aromatic nitrogens is 1. The molecule has 0 radical (unpaired) electrons. The Labute approximate surface area is 170 Å². The summed E-state index contributed by atoms with van der Waals surface area (Å²) in [6.07, 6.45) is 1.68. The molecule has 1 aliphatic heterocycles. The second-order valence-corrected chi connectivity index (χ2v) is 6.87. The molecule has 1 saturated heterocycles. The van der Waals surface area contributed by atoms with Gasteiger partial charge >= 0.3 is 0 Å². The van der Waals surface area contributed by atoms with Crippen LogP contribution in [0, 0.1) is 0 Å². The number of piperazine rings is 1. The molecule has 1 aliphatic rings. The van der Waals surface area contributed by atoms with Crippen LogP contribution in [-0.2, 0) is 6.54 Å². The van der Waals surface area contributed by atoms with Gasteiger partial charge in [0.2, 0.25) is 5.89 Å². The molecule has 1 fully saturated rings. The van der Waals surface area contributed by atoms with Gasteiger partial charge in [0, 0.05) is 38.8 Å². The number of benzene rings is 2. The van der Waals surface area contributed by atoms with Crippen molar-refractivity contribution < 1.29 is 9.52 Å². The Morgan fingerprint density at radius 2 is 1.79 bits per heavy atom. The molecule has 0 spiro atoms. The maximum Gasteiger partial charge on any atom is 0.226 e. The van der Waals surface area contributed by atoms with Gasteiger partial charge in [-0.25, -0.2) is 4.98 Å². The summed E-state index contributed by atoms with van der Waals surface area (Å²) in [4.78, 5) is 13.4. The topological polar surface area (TPSA) is 77.1 Å². The highest BCUT2D eigenvalue weighted by atomic mass is 16.3. The average molecular weight is 391 g/mol. The Bertz CT molecular complexity index is 962. The molecule has 7 heteroatoms. The van der Waals surface area contributed by atoms with Crippen molar-refractivity contribution in [3.63, 3.8) is 0 Å². The Kier molecular flexibility index (Phi) is 5.65. The summed E-state index contributed by atoms with van der Waals surface area (Å²) in [6.45, 7) is 3.83. The highest BCUT2D eigenvalue weighted by molar-refractivity contribution is 5.80. The lowest BCUT2D eigenvalue weighted by molar-refractivity contribution is 0.369. The van der Waals surface area contributed by atoms with E-state index < -0.39 is 0 Å². The molecule has 1 aromatic heterocycles. The van der Waals surface area contributed by atoms with Gasteiger partial charge in [0.15, 0.2) is 5.96 Å². The molecule has 0 amide bonds. The maximum atomic E-state index is 10.1. The number of oxazole rings is 1. The van der Waals surface area contributed by atoms with E-state index >= 15 is 0 Å². The third-order valence-corrected chi connectivity index (χ3v) is 5.01. The zero-order valence-electron chi connectivity index (χ0n) is 16.5. The van der Waals surface area contributed by atoms with Gasteiger partial charge in [-0.3, -0.25) is 4.99 Å². The van der Waals surface area contributed by atoms with E-state index in [1.165, 1.54) is 0 Å². The van der Waals surface area contributed by atoms with Crippen LogP contribution in [-0.4, -0.2) is 54.2 Å². The summed E-state index contributed by atoms with van der Waals surface area (Å²) < 4.78 is 5.60. The number of nitrogens with one attached hydrogen (secondary N) is 1. The third kappa shape index (κ3) is 4.34. The summed E-state index contributed by atoms with van der Waals surface area (Å²) in [5.41, 5.74) is 2.67. The fourth-order valence-corrected chi connectivity index (χ4v) is 3.49. The van der Waals surface area contributed by atoms with Crippen LogP contribution in [0.3, 0.4) is 0 Å². The van der Waals surface area contributed by atoms with Crippen molar-refractivity contribution in [2.75, 3.05) is 38.1 Å². The summed E-state index contributed by atoms with van der Waals surface area (Å²) in [6, 6.07) is 17.3. The molecule has 0 saturated carbocycles. The molecule has 3 aromatic rings. The highest BCUT2D eigenvalue weighted by Gasteiger charge is 2.21. The number of anilines is 1. The number of nitrogens with zero attached hydrogens (tertiary/aromatic N) is 4. The Hall–Kier alpha value is -3.48. The van der Waals surface area contributed by atoms with Crippen molar-refractivity contribution in [3.05, 3.63) is 66.6 Å². The standard InChI is InChI=1S/C22H25N5O2/c1-23-22(24-15-18-16-29-21(25-18)17-7-3-2-4-8-17)27-13-11-26(12-14-27)19-9-5-6-10-20(19)28/h2-10,16,28H,11-15H2,1H3,(H,23,24). The first kappa shape index (κ1) is 18.9. The number of guanidine groups is 1. The average Bonchev–Trinajstić information content (AvgIpc) is 3.25. The second kappa shape index (κ2) is 8.68. The van der Waals surface area contributed by atoms with Gasteiger partial charge in [0.25, 0.3) is 0 Å². The normalized spacial score (nSPS) is 14.9. The van der Waals surface area contributed by atoms with Crippen molar-refractivity contribution in [2.45, 2.75) is 6.54 Å². The SMILES string of the molecule is CN=C(NCc1coc(-c2ccccc2)n1)N1CCN(c2ccccc2O)CC1. The number of hydrogen-bond donors (Lipinski definition) is 2. The summed E-state index contributed by atoms with van der Waals surface area (Å²) in [7, 11) is 1.79. The van der Waals surface area contributed by atoms with Crippen molar-refractivity contribution in [1.29, 1.82) is 0 Å². The molecular formula is C22H25N5O2. The molecule has 0 bridgehead atoms. The van der Waals surface area contributed by atoms with E-state index in [0.29, 0.717) is 18.2 Å². The Balaban J connectivity index is 1.33. The van der Waals surface area contributed by atoms with Gasteiger partial charge in [-0.2, -0.15) is 0 Å². The van der Waals surface area contributed by atoms with Crippen LogP contribution in [0.4, 0.5) is 5.69 Å². The predicted molar refractivity (Wildman–Crippen MR) is 114 cm³/mol. The monoisotopic (exact) mass is 391 g/mol. The summed E-state index contributed by atoms with van der Waals surface area (Å²) >= 11 is 0. The number of aliphatic imine (C=N–C) groups is 1. The van der Waals surface area contributed by atoms with Gasteiger partial charge in [0.05, 0.1) is 17.9 Å². The second-order valence-electron chi connectivity index (χ2n) is 6.87. The smallest absolute Gasteiger partial charge is 0.226 e. The maximum absolute atomic E-state index is 10.1. The quantitative estimate of drug-likeness (QED) is 0.526. The van der Waals surface area contributed by atoms with Crippen LogP contribution in [0.5, 0.6) is 5.75 Å². The number of aromatic hydroxyl groups is 1. The molecule has 0 unspecified atom stereocenters. The van der Waals surface area contributed by atoms with Crippen LogP contribution >= 0.6 is 0 Å². The number of rotatable bonds is 4. The number of phenolic OH excluding ortho intramolecular Hbond substituents is 1. The van der Waals surface area contributed by atoms with Crippen LogP contribution in [0.25, 0.3) is 11.5 Å². The van der Waals surface area contributed by atoms with Gasteiger partial charge in [-0.1, -0.05) is 30.3 Å². The molecule has 0 aliphatic carbocycles. The molecule has 150 valence electrons. The van der Waals surface area contributed by atoms with E-state index in [0.717, 1.165) is 49.1 Å². The van der Waals surface area contributed by atoms with E-state index in [1.54, 1.807) is 19.4 Å². The van der Waals surface area contributed by atoms with E-state index in [-0.39, 0.29) is 0 Å². The van der Waals surface area contributed by atoms with Crippen molar-refractivity contribution in [3.8, 4) is 17.2 Å². The first-order chi connectivity index (χ1) is 14.2. The Morgan fingerprint density at radius 3 is 2.52 bits per heavy atom. The predicted octanol–water partition coefficient (Wildman–Crippen LogP) is 2.94. The van der Waals surface area contributed by atoms with Crippen LogP contribution in [0.1, 0.15) is 5.69 Å². The van der Waals surface area contributed by atoms with E-state index in [4.69, 9.17) is 4.42 Å². The fraction of sp³-hybridized carbons (Fsp3) is 0.273. The van der Waals surface area contributed by atoms with Crippen LogP contribution < -0.4 is 10.2 Å². The van der Waals surface area contributed by atoms with Crippen molar-refractivity contribution >= 4 is 11.6 Å². The minimum Gasteiger partial charge on any atom is -0.506 e. The third-order valence-electron chi connectivity index (χ3n) is 5.01. The van der Waals surface area contributed by atoms with E-state index in [1.807, 2.05) is 48.5 Å². The highest BCUT2D eigenvalue weighted by Crippen LogP contribution is 2.27. The van der Waals surface area contributed by atoms with E-state index in [2.05, 4.69) is 25.1 Å². The first-order valence-electron chi connectivity index (χ1n) is 9.73. The van der Waals surface area contributed by atoms with Crippen molar-refractivity contribution in [1.82, 2.24) is 15.2 Å². The first-order valence-corrected chi connectivity index (χ1v) is 9.73. The lowest BCUT2D eigenvalue weighted by Gasteiger charge is -2.37. The number of para-hydroxylation sites is 2. The fourth-order valence-electron chi connectivity index (χ4n) is 3.49. The minimum atomic E-state index is 0.323. The lowest BCUT2D eigenvalue weighted by Crippen LogP contribution is -2.52. The van der Waals surface area contributed by atoms with Gasteiger partial charge in [-0.15, -0.1) is 0 Å². The zero-order valence-corrected chi connectivity index (χ0v) is 16.5. The van der Waals surface area contributed by atoms with Gasteiger partial charge in [0.1, 0.15) is 12.0 Å². The lowest BCUT2D eigenvalue weighted by atomic mass is 10.2. The summed E-state index contributed by atoms with van der Waals surface area (Å²) in [5, 5.41) is 13.4. The molecule has 4 rings (SSSR count). The van der Waals surface area contributed by atoms with Gasteiger partial charge in [-0.05, 0) is 24.3 Å². The zero-order chi connectivity index (χ0) is 20.1. The Morgan fingerprint density at radius 1 is 1.07 bits per heavy atom. The molecule has 0 atom stereocenters. The van der Waals surface area contributed by atoms with Gasteiger partial charge < -0.3 is 24.6 Å². The summed E-state index contributed by atoms with van der Waals surface area (Å²) in [5.74, 6) is 1.78. The molecule has 2 heterocycles. The molecule has 29 heavy (non-hydrogen) atoms. The molecule has 2 N–H and O–H groups in total. The molecular weight excluding hydrogens is 366 g/mol. The van der Waals surface area contributed by atoms with Crippen molar-refractivity contribution in [2.24, 2.45) is 4.99 Å². The molecule has 7 nitrogen and oxygen atoms in total. The number of phenols is 1. The molecule has 2 aromatic carbocycles. The van der Waals surface area contributed by atoms with E-state index in [9.17, 15) is 5.11 Å². The van der Waals surface area contributed by atoms with Crippen LogP contribution in [0.15, 0.2) is 70.3 Å². The minimum absolute atomic E-state index is 0.323. The largest absolute Gasteiger partial charge is 0.506 e. The van der Waals surface area contributed by atoms with Crippen LogP contribution in [0.2, 0.25) is 0 Å². The number of hydrogen-bond acceptors (Lipinski definition) is 5.